The molecule has 78 heavy (non-hydrogen) atoms. The van der Waals surface area contributed by atoms with Gasteiger partial charge in [-0.05, 0) is 123 Å². The van der Waals surface area contributed by atoms with E-state index >= 15 is 4.39 Å². The summed E-state index contributed by atoms with van der Waals surface area (Å²) in [5, 5.41) is 32.5. The molecule has 4 heterocycles. The Hall–Kier alpha value is -7.09. The molecule has 0 bridgehead atoms. The van der Waals surface area contributed by atoms with E-state index in [9.17, 15) is 47.5 Å². The monoisotopic (exact) mass is 1110 g/mol. The van der Waals surface area contributed by atoms with Gasteiger partial charge >= 0.3 is 6.18 Å². The Morgan fingerprint density at radius 3 is 2.18 bits per heavy atom. The summed E-state index contributed by atoms with van der Waals surface area (Å²) in [4.78, 5) is 72.9. The van der Waals surface area contributed by atoms with E-state index in [0.717, 1.165) is 71.6 Å². The van der Waals surface area contributed by atoms with Gasteiger partial charge in [-0.25, -0.2) is 8.76 Å². The van der Waals surface area contributed by atoms with Crippen molar-refractivity contribution in [1.82, 2.24) is 30.4 Å². The van der Waals surface area contributed by atoms with Gasteiger partial charge in [0.2, 0.25) is 17.7 Å². The summed E-state index contributed by atoms with van der Waals surface area (Å²) in [6, 6.07) is 15.6. The molecule has 0 spiro atoms. The van der Waals surface area contributed by atoms with Crippen molar-refractivity contribution >= 4 is 69.8 Å². The minimum Gasteiger partial charge on any atom is -0.391 e. The molecule has 2 saturated heterocycles. The number of rotatable bonds is 22. The lowest BCUT2D eigenvalue weighted by Gasteiger charge is -2.30. The first-order valence-corrected chi connectivity index (χ1v) is 27.1. The molecule has 5 aromatic rings. The molecule has 0 saturated carbocycles. The maximum Gasteiger partial charge on any atom is 0.417 e. The molecule has 0 radical (unpaired) electrons. The Balaban J connectivity index is 0.849. The molecule has 22 heteroatoms. The highest BCUT2D eigenvalue weighted by Gasteiger charge is 2.51. The molecule has 7 rings (SSSR count). The Kier molecular flexibility index (Phi) is 18.9. The van der Waals surface area contributed by atoms with Crippen LogP contribution in [0.25, 0.3) is 10.4 Å². The predicted octanol–water partition coefficient (Wildman–Crippen LogP) is 9.59. The number of hydrogen-bond donors (Lipinski definition) is 4. The number of alkyl halides is 3. The SMILES string of the molecule is Cc1cc([C@H](C(=O)N2C[C@H](O)C[C@H]2C(=O)N[C@@H](CC(=O)NCCCCCCCCCNC(=O)c2ccc(N3C(=S)N(c4ccc(C#N)c(C(F)(F)F)c4)C(=O)C3(C)C)cc2F)c2ccc(-c3sncc3C)cc2)C(C)C)on1. The van der Waals surface area contributed by atoms with Gasteiger partial charge in [0, 0.05) is 44.0 Å². The number of carbonyl (C=O) groups is 5. The van der Waals surface area contributed by atoms with Gasteiger partial charge in [0.1, 0.15) is 29.1 Å². The van der Waals surface area contributed by atoms with Gasteiger partial charge in [-0.1, -0.05) is 75.4 Å². The number of nitriles is 1. The van der Waals surface area contributed by atoms with E-state index in [1.54, 1.807) is 19.2 Å². The number of amides is 5. The highest BCUT2D eigenvalue weighted by molar-refractivity contribution is 7.81. The number of aryl methyl sites for hydroxylation is 2. The first-order chi connectivity index (χ1) is 37.0. The molecule has 2 aliphatic rings. The average molecular weight is 1110 g/mol. The Morgan fingerprint density at radius 2 is 1.59 bits per heavy atom. The van der Waals surface area contributed by atoms with Gasteiger partial charge in [-0.3, -0.25) is 28.9 Å². The number of unbranched alkanes of at least 4 members (excludes halogenated alkanes) is 6. The van der Waals surface area contributed by atoms with Crippen LogP contribution in [-0.2, 0) is 25.4 Å². The second-order valence-electron chi connectivity index (χ2n) is 20.6. The van der Waals surface area contributed by atoms with E-state index in [1.807, 2.05) is 45.0 Å². The number of aliphatic hydroxyl groups excluding tert-OH is 1. The quantitative estimate of drug-likeness (QED) is 0.0290. The van der Waals surface area contributed by atoms with Crippen LogP contribution < -0.4 is 25.8 Å². The molecule has 4 atom stereocenters. The minimum absolute atomic E-state index is 0.0281. The molecule has 0 unspecified atom stereocenters. The lowest BCUT2D eigenvalue weighted by Crippen LogP contribution is -2.49. The van der Waals surface area contributed by atoms with Crippen molar-refractivity contribution in [3.05, 3.63) is 118 Å². The fourth-order valence-corrected chi connectivity index (χ4v) is 11.2. The second-order valence-corrected chi connectivity index (χ2v) is 21.8. The number of nitrogens with one attached hydrogen (secondary N) is 3. The normalized spacial score (nSPS) is 17.1. The minimum atomic E-state index is -4.87. The third-order valence-corrected chi connectivity index (χ3v) is 15.4. The van der Waals surface area contributed by atoms with Crippen LogP contribution in [0.1, 0.15) is 142 Å². The van der Waals surface area contributed by atoms with E-state index < -0.39 is 70.5 Å². The van der Waals surface area contributed by atoms with Gasteiger partial charge in [-0.15, -0.1) is 0 Å². The number of nitrogens with zero attached hydrogens (tertiary/aromatic N) is 6. The number of halogens is 4. The van der Waals surface area contributed by atoms with Crippen LogP contribution >= 0.6 is 23.8 Å². The molecule has 2 aromatic heterocycles. The number of aliphatic hydroxyl groups is 1. The molecule has 414 valence electrons. The lowest BCUT2D eigenvalue weighted by molar-refractivity contribution is -0.141. The highest BCUT2D eigenvalue weighted by Crippen LogP contribution is 2.40. The van der Waals surface area contributed by atoms with E-state index in [1.165, 1.54) is 59.4 Å². The van der Waals surface area contributed by atoms with Gasteiger partial charge < -0.3 is 35.4 Å². The van der Waals surface area contributed by atoms with E-state index in [-0.39, 0.29) is 59.2 Å². The Labute approximate surface area is 459 Å². The zero-order chi connectivity index (χ0) is 56.6. The van der Waals surface area contributed by atoms with Crippen LogP contribution in [0.3, 0.4) is 0 Å². The molecule has 2 fully saturated rings. The standard InChI is InChI=1S/C56H63F4N9O7S2/c1-32(2)48(46-24-34(4)66-76-46)52(74)67-31-40(70)27-45(67)51(73)65-44(35-14-16-36(17-15-35)49-33(3)30-64-78-49)28-47(71)62-22-12-10-8-7-9-11-13-23-63-50(72)41-21-20-39(26-43(41)57)69-54(77)68(53(75)55(69,5)6)38-19-18-37(29-61)42(25-38)56(58,59)60/h14-21,24-26,30,32,40,44-45,48,70H,7-13,22-23,27-28,31H2,1-6H3,(H,62,71)(H,63,72)(H,65,73)/t40-,44+,45+,48-/m1/s1. The van der Waals surface area contributed by atoms with E-state index in [2.05, 4.69) is 25.5 Å². The molecular formula is C56H63F4N9O7S2. The summed E-state index contributed by atoms with van der Waals surface area (Å²) in [5.74, 6) is -3.83. The Morgan fingerprint density at radius 1 is 0.936 bits per heavy atom. The van der Waals surface area contributed by atoms with Crippen molar-refractivity contribution in [2.24, 2.45) is 5.92 Å². The van der Waals surface area contributed by atoms with Crippen LogP contribution in [-0.4, -0.2) is 91.5 Å². The zero-order valence-corrected chi connectivity index (χ0v) is 45.8. The van der Waals surface area contributed by atoms with Gasteiger partial charge in [0.05, 0.1) is 57.6 Å². The number of carbonyl (C=O) groups excluding carboxylic acids is 5. The van der Waals surface area contributed by atoms with Crippen molar-refractivity contribution in [3.63, 3.8) is 0 Å². The van der Waals surface area contributed by atoms with Gasteiger partial charge in [0.25, 0.3) is 11.8 Å². The van der Waals surface area contributed by atoms with Crippen LogP contribution in [0.15, 0.2) is 77.4 Å². The maximum atomic E-state index is 15.5. The molecular weight excluding hydrogens is 1050 g/mol. The maximum absolute atomic E-state index is 15.5. The fourth-order valence-electron chi connectivity index (χ4n) is 9.91. The summed E-state index contributed by atoms with van der Waals surface area (Å²) >= 11 is 6.92. The Bertz CT molecular complexity index is 3060. The van der Waals surface area contributed by atoms with E-state index in [4.69, 9.17) is 16.7 Å². The molecule has 2 aliphatic heterocycles. The van der Waals surface area contributed by atoms with Crippen LogP contribution in [0, 0.1) is 36.9 Å². The fraction of sp³-hybridized carbons (Fsp3) is 0.446. The van der Waals surface area contributed by atoms with Crippen molar-refractivity contribution in [3.8, 4) is 16.5 Å². The van der Waals surface area contributed by atoms with Crippen molar-refractivity contribution in [2.45, 2.75) is 135 Å². The summed E-state index contributed by atoms with van der Waals surface area (Å²) < 4.78 is 66.6. The number of anilines is 2. The van der Waals surface area contributed by atoms with Crippen molar-refractivity contribution in [2.75, 3.05) is 29.4 Å². The van der Waals surface area contributed by atoms with Crippen LogP contribution in [0.2, 0.25) is 0 Å². The number of aromatic nitrogens is 2. The summed E-state index contributed by atoms with van der Waals surface area (Å²) in [6.07, 6.45) is 1.69. The number of β-amino-alcohol motifs (C(OH)–C–C–N with tert-alkyl or cyclic N) is 1. The molecule has 0 aliphatic carbocycles. The third-order valence-electron chi connectivity index (χ3n) is 14.1. The number of thiocarbonyl (C=S) groups is 1. The smallest absolute Gasteiger partial charge is 0.391 e. The summed E-state index contributed by atoms with van der Waals surface area (Å²) in [5.41, 5.74) is -0.350. The molecule has 4 N–H and O–H groups in total. The average Bonchev–Trinajstić information content (AvgIpc) is 4.29. The topological polar surface area (TPSA) is 214 Å². The molecule has 5 amide bonds. The van der Waals surface area contributed by atoms with Crippen molar-refractivity contribution in [1.29, 1.82) is 5.26 Å². The first-order valence-electron chi connectivity index (χ1n) is 25.9. The van der Waals surface area contributed by atoms with Crippen LogP contribution in [0.4, 0.5) is 28.9 Å². The van der Waals surface area contributed by atoms with Gasteiger partial charge in [-0.2, -0.15) is 18.4 Å². The summed E-state index contributed by atoms with van der Waals surface area (Å²) in [7, 11) is 0. The zero-order valence-electron chi connectivity index (χ0n) is 44.2. The van der Waals surface area contributed by atoms with Crippen molar-refractivity contribution < 1.29 is 51.2 Å². The highest BCUT2D eigenvalue weighted by atomic mass is 32.1. The second kappa shape index (κ2) is 25.1. The third kappa shape index (κ3) is 13.4. The van der Waals surface area contributed by atoms with E-state index in [0.29, 0.717) is 42.6 Å². The number of hydrogen-bond acceptors (Lipinski definition) is 12. The molecule has 16 nitrogen and oxygen atoms in total. The number of benzene rings is 3. The largest absolute Gasteiger partial charge is 0.417 e. The first kappa shape index (κ1) is 58.6. The predicted molar refractivity (Wildman–Crippen MR) is 290 cm³/mol. The molecule has 3 aromatic carbocycles. The number of likely N-dealkylation sites (tertiary alicyclic amines) is 1. The van der Waals surface area contributed by atoms with Gasteiger partial charge in [0.15, 0.2) is 5.11 Å². The van der Waals surface area contributed by atoms with Crippen LogP contribution in [0.5, 0.6) is 0 Å². The summed E-state index contributed by atoms with van der Waals surface area (Å²) in [6.45, 7) is 11.2. The lowest BCUT2D eigenvalue weighted by atomic mass is 9.91.